The number of nitrogens with one attached hydrogen (secondary N) is 2. The molecule has 0 radical (unpaired) electrons. The first-order valence-corrected chi connectivity index (χ1v) is 8.82. The van der Waals surface area contributed by atoms with Crippen LogP contribution in [0.5, 0.6) is 5.75 Å². The van der Waals surface area contributed by atoms with Crippen LogP contribution >= 0.6 is 12.4 Å². The molecule has 1 aromatic carbocycles. The molecule has 142 valence electrons. The molecular formula is C18H30ClN3O3. The summed E-state index contributed by atoms with van der Waals surface area (Å²) in [6, 6.07) is 7.34. The van der Waals surface area contributed by atoms with E-state index in [1.54, 1.807) is 6.07 Å². The highest BCUT2D eigenvalue weighted by molar-refractivity contribution is 5.96. The zero-order valence-corrected chi connectivity index (χ0v) is 15.8. The summed E-state index contributed by atoms with van der Waals surface area (Å²) in [6.07, 6.45) is 0.957. The summed E-state index contributed by atoms with van der Waals surface area (Å²) >= 11 is 0. The lowest BCUT2D eigenvalue weighted by Gasteiger charge is -2.27. The van der Waals surface area contributed by atoms with Crippen molar-refractivity contribution in [1.82, 2.24) is 15.5 Å². The van der Waals surface area contributed by atoms with E-state index in [1.165, 1.54) is 0 Å². The van der Waals surface area contributed by atoms with Gasteiger partial charge in [0.15, 0.2) is 0 Å². The van der Waals surface area contributed by atoms with E-state index in [0.29, 0.717) is 37.7 Å². The summed E-state index contributed by atoms with van der Waals surface area (Å²) < 4.78 is 10.9. The van der Waals surface area contributed by atoms with Gasteiger partial charge in [-0.05, 0) is 32.0 Å². The number of amides is 1. The van der Waals surface area contributed by atoms with Gasteiger partial charge in [-0.25, -0.2) is 0 Å². The molecule has 0 unspecified atom stereocenters. The highest BCUT2D eigenvalue weighted by atomic mass is 35.5. The van der Waals surface area contributed by atoms with E-state index in [4.69, 9.17) is 9.47 Å². The summed E-state index contributed by atoms with van der Waals surface area (Å²) in [5.74, 6) is 0.527. The molecule has 1 heterocycles. The second-order valence-electron chi connectivity index (χ2n) is 5.74. The summed E-state index contributed by atoms with van der Waals surface area (Å²) in [5, 5.41) is 6.33. The Morgan fingerprint density at radius 3 is 2.76 bits per heavy atom. The SMILES string of the molecule is CCOCCOc1ccccc1C(=O)NCCCN1CCNCC1.Cl. The van der Waals surface area contributed by atoms with Gasteiger partial charge in [-0.3, -0.25) is 4.79 Å². The van der Waals surface area contributed by atoms with E-state index >= 15 is 0 Å². The molecule has 1 fully saturated rings. The van der Waals surface area contributed by atoms with Crippen LogP contribution < -0.4 is 15.4 Å². The van der Waals surface area contributed by atoms with Crippen molar-refractivity contribution in [3.8, 4) is 5.75 Å². The van der Waals surface area contributed by atoms with Gasteiger partial charge in [0.05, 0.1) is 12.2 Å². The summed E-state index contributed by atoms with van der Waals surface area (Å²) in [7, 11) is 0. The first-order chi connectivity index (χ1) is 11.8. The second kappa shape index (κ2) is 12.9. The van der Waals surface area contributed by atoms with Gasteiger partial charge >= 0.3 is 0 Å². The van der Waals surface area contributed by atoms with Crippen molar-refractivity contribution in [2.24, 2.45) is 0 Å². The van der Waals surface area contributed by atoms with Crippen LogP contribution in [-0.4, -0.2) is 69.9 Å². The maximum Gasteiger partial charge on any atom is 0.255 e. The Kier molecular flexibility index (Phi) is 11.2. The number of ether oxygens (including phenoxy) is 2. The molecule has 1 saturated heterocycles. The van der Waals surface area contributed by atoms with Gasteiger partial charge in [-0.15, -0.1) is 12.4 Å². The number of para-hydroxylation sites is 1. The van der Waals surface area contributed by atoms with Crippen molar-refractivity contribution in [3.05, 3.63) is 29.8 Å². The minimum atomic E-state index is -0.0812. The molecule has 25 heavy (non-hydrogen) atoms. The zero-order valence-electron chi connectivity index (χ0n) is 15.0. The van der Waals surface area contributed by atoms with Gasteiger partial charge in [0, 0.05) is 39.3 Å². The predicted molar refractivity (Wildman–Crippen MR) is 102 cm³/mol. The van der Waals surface area contributed by atoms with E-state index < -0.39 is 0 Å². The topological polar surface area (TPSA) is 62.8 Å². The van der Waals surface area contributed by atoms with E-state index in [1.807, 2.05) is 25.1 Å². The van der Waals surface area contributed by atoms with E-state index in [9.17, 15) is 4.79 Å². The lowest BCUT2D eigenvalue weighted by Crippen LogP contribution is -2.44. The molecule has 1 amide bonds. The Bertz CT molecular complexity index is 496. The Labute approximate surface area is 156 Å². The highest BCUT2D eigenvalue weighted by Crippen LogP contribution is 2.17. The molecule has 6 nitrogen and oxygen atoms in total. The fraction of sp³-hybridized carbons (Fsp3) is 0.611. The lowest BCUT2D eigenvalue weighted by atomic mass is 10.2. The monoisotopic (exact) mass is 371 g/mol. The molecule has 1 aromatic rings. The minimum Gasteiger partial charge on any atom is -0.490 e. The number of rotatable bonds is 10. The number of carbonyl (C=O) groups excluding carboxylic acids is 1. The van der Waals surface area contributed by atoms with Gasteiger partial charge in [0.1, 0.15) is 12.4 Å². The third kappa shape index (κ3) is 8.05. The van der Waals surface area contributed by atoms with Crippen LogP contribution in [-0.2, 0) is 4.74 Å². The molecule has 7 heteroatoms. The largest absolute Gasteiger partial charge is 0.490 e. The van der Waals surface area contributed by atoms with Crippen LogP contribution in [0, 0.1) is 0 Å². The average molecular weight is 372 g/mol. The van der Waals surface area contributed by atoms with E-state index in [2.05, 4.69) is 15.5 Å². The zero-order chi connectivity index (χ0) is 17.0. The Morgan fingerprint density at radius 2 is 2.00 bits per heavy atom. The number of piperazine rings is 1. The Balaban J connectivity index is 0.00000312. The Morgan fingerprint density at radius 1 is 1.24 bits per heavy atom. The van der Waals surface area contributed by atoms with Crippen molar-refractivity contribution >= 4 is 18.3 Å². The maximum atomic E-state index is 12.4. The summed E-state index contributed by atoms with van der Waals surface area (Å²) in [5.41, 5.74) is 0.580. The third-order valence-corrected chi connectivity index (χ3v) is 3.97. The minimum absolute atomic E-state index is 0. The van der Waals surface area contributed by atoms with Gasteiger partial charge in [0.25, 0.3) is 5.91 Å². The van der Waals surface area contributed by atoms with Crippen molar-refractivity contribution in [2.75, 3.05) is 59.1 Å². The van der Waals surface area contributed by atoms with Crippen molar-refractivity contribution in [1.29, 1.82) is 0 Å². The number of halogens is 1. The second-order valence-corrected chi connectivity index (χ2v) is 5.74. The van der Waals surface area contributed by atoms with Crippen LogP contribution in [0.2, 0.25) is 0 Å². The average Bonchev–Trinajstić information content (AvgIpc) is 2.63. The molecule has 1 aliphatic heterocycles. The van der Waals surface area contributed by atoms with Crippen LogP contribution in [0.25, 0.3) is 0 Å². The molecule has 0 spiro atoms. The van der Waals surface area contributed by atoms with Crippen molar-refractivity contribution in [3.63, 3.8) is 0 Å². The van der Waals surface area contributed by atoms with Crippen molar-refractivity contribution in [2.45, 2.75) is 13.3 Å². The number of carbonyl (C=O) groups is 1. The Hall–Kier alpha value is -1.34. The van der Waals surface area contributed by atoms with E-state index in [-0.39, 0.29) is 18.3 Å². The third-order valence-electron chi connectivity index (χ3n) is 3.97. The number of hydrogen-bond donors (Lipinski definition) is 2. The lowest BCUT2D eigenvalue weighted by molar-refractivity contribution is 0.0934. The number of hydrogen-bond acceptors (Lipinski definition) is 5. The molecule has 0 aliphatic carbocycles. The first kappa shape index (κ1) is 21.7. The van der Waals surface area contributed by atoms with Crippen LogP contribution in [0.15, 0.2) is 24.3 Å². The summed E-state index contributed by atoms with van der Waals surface area (Å²) in [6.45, 7) is 9.57. The van der Waals surface area contributed by atoms with Gasteiger partial charge in [-0.2, -0.15) is 0 Å². The van der Waals surface area contributed by atoms with Gasteiger partial charge in [0.2, 0.25) is 0 Å². The summed E-state index contributed by atoms with van der Waals surface area (Å²) in [4.78, 5) is 14.8. The van der Waals surface area contributed by atoms with Crippen LogP contribution in [0.3, 0.4) is 0 Å². The molecule has 2 rings (SSSR count). The van der Waals surface area contributed by atoms with Crippen LogP contribution in [0.1, 0.15) is 23.7 Å². The van der Waals surface area contributed by atoms with Gasteiger partial charge < -0.3 is 25.0 Å². The molecule has 0 aromatic heterocycles. The van der Waals surface area contributed by atoms with Crippen LogP contribution in [0.4, 0.5) is 0 Å². The predicted octanol–water partition coefficient (Wildman–Crippen LogP) is 1.55. The fourth-order valence-electron chi connectivity index (χ4n) is 2.67. The molecule has 0 bridgehead atoms. The normalized spacial score (nSPS) is 14.6. The maximum absolute atomic E-state index is 12.4. The van der Waals surface area contributed by atoms with Crippen molar-refractivity contribution < 1.29 is 14.3 Å². The molecule has 0 saturated carbocycles. The fourth-order valence-corrected chi connectivity index (χ4v) is 2.67. The molecule has 2 N–H and O–H groups in total. The standard InChI is InChI=1S/C18H29N3O3.ClH/c1-2-23-14-15-24-17-7-4-3-6-16(17)18(22)20-8-5-11-21-12-9-19-10-13-21;/h3-4,6-7,19H,2,5,8-15H2,1H3,(H,20,22);1H. The quantitative estimate of drug-likeness (QED) is 0.611. The smallest absolute Gasteiger partial charge is 0.255 e. The number of nitrogens with zero attached hydrogens (tertiary/aromatic N) is 1. The first-order valence-electron chi connectivity index (χ1n) is 8.82. The highest BCUT2D eigenvalue weighted by Gasteiger charge is 2.12. The molecular weight excluding hydrogens is 342 g/mol. The number of benzene rings is 1. The van der Waals surface area contributed by atoms with Gasteiger partial charge in [-0.1, -0.05) is 12.1 Å². The molecule has 1 aliphatic rings. The van der Waals surface area contributed by atoms with E-state index in [0.717, 1.165) is 39.1 Å². The molecule has 0 atom stereocenters.